The van der Waals surface area contributed by atoms with Crippen molar-refractivity contribution in [2.75, 3.05) is 7.11 Å². The lowest BCUT2D eigenvalue weighted by Crippen LogP contribution is -1.98. The van der Waals surface area contributed by atoms with Gasteiger partial charge in [-0.05, 0) is 20.8 Å². The van der Waals surface area contributed by atoms with Crippen molar-refractivity contribution in [3.8, 4) is 5.88 Å². The van der Waals surface area contributed by atoms with Crippen LogP contribution in [0, 0.1) is 20.8 Å². The van der Waals surface area contributed by atoms with E-state index < -0.39 is 0 Å². The van der Waals surface area contributed by atoms with Crippen molar-refractivity contribution >= 4 is 5.65 Å². The Kier molecular flexibility index (Phi) is 1.91. The zero-order valence-corrected chi connectivity index (χ0v) is 8.83. The zero-order valence-electron chi connectivity index (χ0n) is 8.83. The summed E-state index contributed by atoms with van der Waals surface area (Å²) >= 11 is 0. The van der Waals surface area contributed by atoms with Crippen molar-refractivity contribution in [2.24, 2.45) is 0 Å². The summed E-state index contributed by atoms with van der Waals surface area (Å²) in [7, 11) is 1.62. The molecule has 0 atom stereocenters. The molecule has 0 saturated heterocycles. The number of rotatable bonds is 1. The molecule has 0 aliphatic rings. The number of nitrogens with zero attached hydrogens (tertiary/aromatic N) is 3. The van der Waals surface area contributed by atoms with Crippen molar-refractivity contribution in [3.63, 3.8) is 0 Å². The molecule has 0 radical (unpaired) electrons. The largest absolute Gasteiger partial charge is 0.481 e. The van der Waals surface area contributed by atoms with Crippen molar-refractivity contribution in [3.05, 3.63) is 23.3 Å². The van der Waals surface area contributed by atoms with Gasteiger partial charge in [-0.1, -0.05) is 0 Å². The summed E-state index contributed by atoms with van der Waals surface area (Å²) < 4.78 is 7.14. The molecule has 0 unspecified atom stereocenters. The Hall–Kier alpha value is -1.58. The molecule has 0 aromatic carbocycles. The lowest BCUT2D eigenvalue weighted by Gasteiger charge is -2.04. The molecule has 4 nitrogen and oxygen atoms in total. The van der Waals surface area contributed by atoms with E-state index in [1.165, 1.54) is 0 Å². The monoisotopic (exact) mass is 191 g/mol. The molecule has 0 amide bonds. The number of hydrogen-bond acceptors (Lipinski definition) is 3. The van der Waals surface area contributed by atoms with Crippen molar-refractivity contribution in [1.29, 1.82) is 0 Å². The molecule has 4 heteroatoms. The molecule has 14 heavy (non-hydrogen) atoms. The van der Waals surface area contributed by atoms with Crippen LogP contribution in [0.1, 0.15) is 17.2 Å². The second-order valence-electron chi connectivity index (χ2n) is 3.34. The van der Waals surface area contributed by atoms with Crippen molar-refractivity contribution in [1.82, 2.24) is 14.4 Å². The third-order valence-electron chi connectivity index (χ3n) is 2.30. The fraction of sp³-hybridized carbons (Fsp3) is 0.400. The highest BCUT2D eigenvalue weighted by Crippen LogP contribution is 2.17. The summed E-state index contributed by atoms with van der Waals surface area (Å²) in [4.78, 5) is 8.72. The minimum Gasteiger partial charge on any atom is -0.481 e. The van der Waals surface area contributed by atoms with E-state index in [9.17, 15) is 0 Å². The Morgan fingerprint density at radius 3 is 2.57 bits per heavy atom. The van der Waals surface area contributed by atoms with Gasteiger partial charge >= 0.3 is 0 Å². The standard InChI is InChI=1S/C10H13N3O/c1-6-5-9(14-4)12-10-7(2)11-8(3)13(6)10/h5H,1-4H3. The minimum atomic E-state index is 0.637. The topological polar surface area (TPSA) is 39.4 Å². The van der Waals surface area contributed by atoms with E-state index in [2.05, 4.69) is 9.97 Å². The lowest BCUT2D eigenvalue weighted by atomic mass is 10.4. The summed E-state index contributed by atoms with van der Waals surface area (Å²) in [5.74, 6) is 1.60. The molecule has 0 spiro atoms. The average molecular weight is 191 g/mol. The zero-order chi connectivity index (χ0) is 10.3. The second kappa shape index (κ2) is 2.97. The number of imidazole rings is 1. The predicted molar refractivity (Wildman–Crippen MR) is 53.8 cm³/mol. The predicted octanol–water partition coefficient (Wildman–Crippen LogP) is 1.66. The molecule has 2 rings (SSSR count). The summed E-state index contributed by atoms with van der Waals surface area (Å²) in [6.45, 7) is 5.95. The molecule has 0 aliphatic carbocycles. The van der Waals surface area contributed by atoms with Gasteiger partial charge in [-0.25, -0.2) is 4.98 Å². The van der Waals surface area contributed by atoms with E-state index in [1.54, 1.807) is 7.11 Å². The average Bonchev–Trinajstić information content (AvgIpc) is 2.42. The van der Waals surface area contributed by atoms with Gasteiger partial charge in [0.25, 0.3) is 0 Å². The Bertz CT molecular complexity index is 488. The molecule has 2 aromatic rings. The van der Waals surface area contributed by atoms with E-state index in [0.717, 1.165) is 22.9 Å². The molecule has 0 saturated carbocycles. The van der Waals surface area contributed by atoms with Crippen molar-refractivity contribution < 1.29 is 4.74 Å². The number of aryl methyl sites for hydroxylation is 3. The molecule has 0 aliphatic heterocycles. The Morgan fingerprint density at radius 1 is 1.21 bits per heavy atom. The van der Waals surface area contributed by atoms with Crippen molar-refractivity contribution in [2.45, 2.75) is 20.8 Å². The van der Waals surface area contributed by atoms with E-state index in [1.807, 2.05) is 31.2 Å². The Labute approximate surface area is 82.6 Å². The molecule has 2 heterocycles. The first kappa shape index (κ1) is 8.99. The van der Waals surface area contributed by atoms with Gasteiger partial charge in [0.1, 0.15) is 5.82 Å². The smallest absolute Gasteiger partial charge is 0.216 e. The normalized spacial score (nSPS) is 10.9. The summed E-state index contributed by atoms with van der Waals surface area (Å²) in [5.41, 5.74) is 2.90. The molecule has 0 fully saturated rings. The van der Waals surface area contributed by atoms with Gasteiger partial charge in [-0.3, -0.25) is 4.40 Å². The molecular formula is C10H13N3O. The highest BCUT2D eigenvalue weighted by Gasteiger charge is 2.09. The highest BCUT2D eigenvalue weighted by atomic mass is 16.5. The number of fused-ring (bicyclic) bond motifs is 1. The fourth-order valence-electron chi connectivity index (χ4n) is 1.70. The lowest BCUT2D eigenvalue weighted by molar-refractivity contribution is 0.397. The van der Waals surface area contributed by atoms with Gasteiger partial charge in [0.2, 0.25) is 5.88 Å². The van der Waals surface area contributed by atoms with E-state index >= 15 is 0 Å². The van der Waals surface area contributed by atoms with Crippen LogP contribution in [0.2, 0.25) is 0 Å². The summed E-state index contributed by atoms with van der Waals surface area (Å²) in [5, 5.41) is 0. The van der Waals surface area contributed by atoms with E-state index in [0.29, 0.717) is 5.88 Å². The van der Waals surface area contributed by atoms with Crippen LogP contribution in [0.5, 0.6) is 5.88 Å². The van der Waals surface area contributed by atoms with Crippen LogP contribution >= 0.6 is 0 Å². The Morgan fingerprint density at radius 2 is 1.93 bits per heavy atom. The summed E-state index contributed by atoms with van der Waals surface area (Å²) in [6.07, 6.45) is 0. The molecule has 74 valence electrons. The first-order valence-electron chi connectivity index (χ1n) is 4.50. The van der Waals surface area contributed by atoms with Crippen LogP contribution in [-0.2, 0) is 0 Å². The third kappa shape index (κ3) is 1.14. The van der Waals surface area contributed by atoms with Crippen LogP contribution in [0.15, 0.2) is 6.07 Å². The maximum Gasteiger partial charge on any atom is 0.216 e. The Balaban J connectivity index is 2.86. The van der Waals surface area contributed by atoms with E-state index in [4.69, 9.17) is 4.74 Å². The highest BCUT2D eigenvalue weighted by molar-refractivity contribution is 5.48. The van der Waals surface area contributed by atoms with Gasteiger partial charge < -0.3 is 4.74 Å². The first-order chi connectivity index (χ1) is 6.63. The maximum atomic E-state index is 5.12. The van der Waals surface area contributed by atoms with Crippen LogP contribution in [0.3, 0.4) is 0 Å². The number of aromatic nitrogens is 3. The third-order valence-corrected chi connectivity index (χ3v) is 2.30. The van der Waals surface area contributed by atoms with Crippen LogP contribution in [0.25, 0.3) is 5.65 Å². The molecule has 0 N–H and O–H groups in total. The van der Waals surface area contributed by atoms with E-state index in [-0.39, 0.29) is 0 Å². The molecular weight excluding hydrogens is 178 g/mol. The summed E-state index contributed by atoms with van der Waals surface area (Å²) in [6, 6.07) is 1.90. The van der Waals surface area contributed by atoms with Gasteiger partial charge in [0.05, 0.1) is 12.8 Å². The van der Waals surface area contributed by atoms with Crippen LogP contribution in [0.4, 0.5) is 0 Å². The quantitative estimate of drug-likeness (QED) is 0.688. The second-order valence-corrected chi connectivity index (χ2v) is 3.34. The first-order valence-corrected chi connectivity index (χ1v) is 4.50. The number of methoxy groups -OCH3 is 1. The number of hydrogen-bond donors (Lipinski definition) is 0. The maximum absolute atomic E-state index is 5.12. The van der Waals surface area contributed by atoms with Gasteiger partial charge in [-0.2, -0.15) is 4.98 Å². The molecule has 0 bridgehead atoms. The van der Waals surface area contributed by atoms with Gasteiger partial charge in [0.15, 0.2) is 5.65 Å². The fourth-order valence-corrected chi connectivity index (χ4v) is 1.70. The van der Waals surface area contributed by atoms with Gasteiger partial charge in [0, 0.05) is 11.8 Å². The SMILES string of the molecule is COc1cc(C)n2c(C)nc(C)c2n1. The van der Waals surface area contributed by atoms with Crippen LogP contribution < -0.4 is 4.74 Å². The van der Waals surface area contributed by atoms with Gasteiger partial charge in [-0.15, -0.1) is 0 Å². The van der Waals surface area contributed by atoms with Crippen LogP contribution in [-0.4, -0.2) is 21.5 Å². The molecule has 2 aromatic heterocycles. The minimum absolute atomic E-state index is 0.637. The number of ether oxygens (including phenoxy) is 1.